The van der Waals surface area contributed by atoms with Gasteiger partial charge < -0.3 is 10.6 Å². The van der Waals surface area contributed by atoms with Gasteiger partial charge in [-0.2, -0.15) is 0 Å². The number of halogens is 1. The number of alkyl halides is 1. The van der Waals surface area contributed by atoms with Crippen LogP contribution < -0.4 is 5.73 Å². The second-order valence-corrected chi connectivity index (χ2v) is 13.2. The third-order valence-corrected chi connectivity index (χ3v) is 10.9. The fraction of sp³-hybridized carbons (Fsp3) is 0.567. The molecular formula is C30H37ClN2O. The lowest BCUT2D eigenvalue weighted by atomic mass is 9.61. The van der Waals surface area contributed by atoms with E-state index < -0.39 is 0 Å². The van der Waals surface area contributed by atoms with Crippen molar-refractivity contribution in [3.05, 3.63) is 71.8 Å². The van der Waals surface area contributed by atoms with E-state index in [1.54, 1.807) is 0 Å². The van der Waals surface area contributed by atoms with Gasteiger partial charge in [0.25, 0.3) is 0 Å². The topological polar surface area (TPSA) is 46.3 Å². The maximum atomic E-state index is 14.5. The fourth-order valence-electron chi connectivity index (χ4n) is 8.47. The van der Waals surface area contributed by atoms with Crippen LogP contribution in [0.4, 0.5) is 0 Å². The highest BCUT2D eigenvalue weighted by Gasteiger charge is 2.76. The monoisotopic (exact) mass is 476 g/mol. The van der Waals surface area contributed by atoms with Crippen molar-refractivity contribution in [3.8, 4) is 0 Å². The molecule has 6 atom stereocenters. The number of hydrogen-bond acceptors (Lipinski definition) is 2. The van der Waals surface area contributed by atoms with Crippen LogP contribution in [0.15, 0.2) is 60.7 Å². The molecule has 1 amide bonds. The van der Waals surface area contributed by atoms with Gasteiger partial charge in [0, 0.05) is 19.1 Å². The molecule has 0 spiro atoms. The predicted molar refractivity (Wildman–Crippen MR) is 138 cm³/mol. The summed E-state index contributed by atoms with van der Waals surface area (Å²) in [6.07, 6.45) is 5.71. The van der Waals surface area contributed by atoms with Crippen molar-refractivity contribution in [2.75, 3.05) is 13.1 Å². The number of hydrogen-bond donors (Lipinski definition) is 1. The molecular weight excluding hydrogens is 440 g/mol. The Balaban J connectivity index is 1.40. The second-order valence-electron chi connectivity index (χ2n) is 12.5. The van der Waals surface area contributed by atoms with Crippen LogP contribution in [0, 0.1) is 22.7 Å². The van der Waals surface area contributed by atoms with Gasteiger partial charge in [0.1, 0.15) is 0 Å². The van der Waals surface area contributed by atoms with E-state index in [9.17, 15) is 4.79 Å². The summed E-state index contributed by atoms with van der Waals surface area (Å²) in [5.41, 5.74) is 8.78. The van der Waals surface area contributed by atoms with Gasteiger partial charge in [0.05, 0.1) is 10.3 Å². The number of amides is 1. The van der Waals surface area contributed by atoms with Crippen LogP contribution in [0.1, 0.15) is 57.1 Å². The normalized spacial score (nSPS) is 40.0. The number of likely N-dealkylation sites (tertiary alicyclic amines) is 1. The van der Waals surface area contributed by atoms with Crippen molar-refractivity contribution in [2.24, 2.45) is 28.4 Å². The molecule has 1 saturated heterocycles. The molecule has 3 nitrogen and oxygen atoms in total. The third kappa shape index (κ3) is 3.15. The van der Waals surface area contributed by atoms with E-state index in [0.29, 0.717) is 11.8 Å². The Morgan fingerprint density at radius 1 is 1.03 bits per heavy atom. The predicted octanol–water partition coefficient (Wildman–Crippen LogP) is 5.55. The van der Waals surface area contributed by atoms with Gasteiger partial charge in [-0.05, 0) is 72.3 Å². The molecule has 5 unspecified atom stereocenters. The van der Waals surface area contributed by atoms with Crippen LogP contribution in [0.2, 0.25) is 0 Å². The lowest BCUT2D eigenvalue weighted by Crippen LogP contribution is -2.57. The molecule has 1 heterocycles. The molecule has 7 rings (SSSR count). The van der Waals surface area contributed by atoms with Crippen molar-refractivity contribution in [2.45, 2.75) is 68.7 Å². The largest absolute Gasteiger partial charge is 0.342 e. The average Bonchev–Trinajstić information content (AvgIpc) is 3.18. The van der Waals surface area contributed by atoms with Crippen LogP contribution in [-0.2, 0) is 16.6 Å². The highest BCUT2D eigenvalue weighted by Crippen LogP contribution is 2.76. The van der Waals surface area contributed by atoms with E-state index in [2.05, 4.69) is 79.4 Å². The zero-order chi connectivity index (χ0) is 23.8. The zero-order valence-electron chi connectivity index (χ0n) is 20.5. The number of nitrogens with zero attached hydrogens (tertiary/aromatic N) is 1. The van der Waals surface area contributed by atoms with Crippen molar-refractivity contribution in [3.63, 3.8) is 0 Å². The Labute approximate surface area is 209 Å². The smallest absolute Gasteiger partial charge is 0.229 e. The quantitative estimate of drug-likeness (QED) is 0.588. The zero-order valence-corrected chi connectivity index (χ0v) is 21.2. The molecule has 5 fully saturated rings. The van der Waals surface area contributed by atoms with E-state index in [-0.39, 0.29) is 33.1 Å². The highest BCUT2D eigenvalue weighted by atomic mass is 35.5. The Bertz CT molecular complexity index is 1090. The minimum atomic E-state index is -0.354. The molecule has 4 aliphatic carbocycles. The second kappa shape index (κ2) is 7.58. The first-order valence-corrected chi connectivity index (χ1v) is 13.4. The summed E-state index contributed by atoms with van der Waals surface area (Å²) in [6, 6.07) is 21.8. The van der Waals surface area contributed by atoms with E-state index in [1.165, 1.54) is 11.1 Å². The first-order valence-electron chi connectivity index (χ1n) is 13.0. The maximum absolute atomic E-state index is 14.5. The van der Waals surface area contributed by atoms with Crippen LogP contribution >= 0.6 is 11.6 Å². The number of rotatable bonds is 4. The summed E-state index contributed by atoms with van der Waals surface area (Å²) >= 11 is 7.71. The summed E-state index contributed by atoms with van der Waals surface area (Å²) in [7, 11) is 0. The molecule has 2 aromatic rings. The SMILES string of the molecule is CC1(C)CN(C(=O)C23CC4CC(c5ccccc5)(CC2C4(Cl)Cc2ccccc2)C3)CC[C@@H]1N. The van der Waals surface area contributed by atoms with E-state index in [4.69, 9.17) is 17.3 Å². The minimum absolute atomic E-state index is 0.0562. The Hall–Kier alpha value is -1.84. The van der Waals surface area contributed by atoms with Crippen LogP contribution in [-0.4, -0.2) is 34.8 Å². The Kier molecular flexibility index (Phi) is 5.04. The number of nitrogens with two attached hydrogens (primary N) is 1. The van der Waals surface area contributed by atoms with E-state index in [1.807, 2.05) is 0 Å². The standard InChI is InChI=1S/C30H37ClN2O/c1-27(2)20-33(14-13-25(27)32)26(34)29-17-23-16-28(19-29,22-11-7-4-8-12-22)18-24(29)30(23,31)15-21-9-5-3-6-10-21/h3-12,23-25H,13-20,32H2,1-2H3/t23?,24?,25-,28?,29?,30?/m0/s1. The Morgan fingerprint density at radius 3 is 2.38 bits per heavy atom. The summed E-state index contributed by atoms with van der Waals surface area (Å²) in [5, 5.41) is 0. The van der Waals surface area contributed by atoms with Gasteiger partial charge in [0.15, 0.2) is 0 Å². The third-order valence-electron chi connectivity index (χ3n) is 10.2. The van der Waals surface area contributed by atoms with Gasteiger partial charge >= 0.3 is 0 Å². The fourth-order valence-corrected chi connectivity index (χ4v) is 9.07. The molecule has 1 aliphatic heterocycles. The van der Waals surface area contributed by atoms with Gasteiger partial charge in [-0.15, -0.1) is 11.6 Å². The van der Waals surface area contributed by atoms with Gasteiger partial charge in [-0.1, -0.05) is 74.5 Å². The van der Waals surface area contributed by atoms with Crippen molar-refractivity contribution in [1.29, 1.82) is 0 Å². The van der Waals surface area contributed by atoms with Crippen molar-refractivity contribution < 1.29 is 4.79 Å². The van der Waals surface area contributed by atoms with Gasteiger partial charge in [-0.3, -0.25) is 4.79 Å². The molecule has 2 aromatic carbocycles. The lowest BCUT2D eigenvalue weighted by Gasteiger charge is -2.47. The maximum Gasteiger partial charge on any atom is 0.229 e. The van der Waals surface area contributed by atoms with E-state index in [0.717, 1.165) is 51.6 Å². The average molecular weight is 477 g/mol. The summed E-state index contributed by atoms with van der Waals surface area (Å²) < 4.78 is 0. The molecule has 34 heavy (non-hydrogen) atoms. The number of benzene rings is 2. The van der Waals surface area contributed by atoms with Crippen molar-refractivity contribution in [1.82, 2.24) is 4.90 Å². The van der Waals surface area contributed by atoms with Crippen LogP contribution in [0.5, 0.6) is 0 Å². The molecule has 0 radical (unpaired) electrons. The highest BCUT2D eigenvalue weighted by molar-refractivity contribution is 6.25. The van der Waals surface area contributed by atoms with Gasteiger partial charge in [0.2, 0.25) is 5.91 Å². The number of carbonyl (C=O) groups is 1. The van der Waals surface area contributed by atoms with Crippen LogP contribution in [0.3, 0.4) is 0 Å². The number of carbonyl (C=O) groups excluding carboxylic acids is 1. The molecule has 4 heteroatoms. The Morgan fingerprint density at radius 2 is 1.71 bits per heavy atom. The first-order chi connectivity index (χ1) is 16.2. The molecule has 4 bridgehead atoms. The molecule has 0 aromatic heterocycles. The van der Waals surface area contributed by atoms with Crippen LogP contribution in [0.25, 0.3) is 0 Å². The van der Waals surface area contributed by atoms with Gasteiger partial charge in [-0.25, -0.2) is 0 Å². The lowest BCUT2D eigenvalue weighted by molar-refractivity contribution is -0.148. The molecule has 180 valence electrons. The first kappa shape index (κ1) is 22.6. The molecule has 5 aliphatic rings. The van der Waals surface area contributed by atoms with Crippen molar-refractivity contribution >= 4 is 17.5 Å². The summed E-state index contributed by atoms with van der Waals surface area (Å²) in [6.45, 7) is 5.94. The summed E-state index contributed by atoms with van der Waals surface area (Å²) in [4.78, 5) is 16.3. The molecule has 4 saturated carbocycles. The van der Waals surface area contributed by atoms with E-state index >= 15 is 0 Å². The number of piperidine rings is 1. The minimum Gasteiger partial charge on any atom is -0.342 e. The molecule has 2 N–H and O–H groups in total. The summed E-state index contributed by atoms with van der Waals surface area (Å²) in [5.74, 6) is 0.911.